The molecule has 2 bridgehead atoms. The third kappa shape index (κ3) is 0.890. The third-order valence-corrected chi connectivity index (χ3v) is 4.25. The van der Waals surface area contributed by atoms with Gasteiger partial charge in [0.05, 0.1) is 0 Å². The first kappa shape index (κ1) is 7.72. The summed E-state index contributed by atoms with van der Waals surface area (Å²) in [7, 11) is 0. The van der Waals surface area contributed by atoms with Crippen LogP contribution in [0.1, 0.15) is 33.1 Å². The molecule has 2 nitrogen and oxygen atoms in total. The standard InChI is InChI=1S/C11H16N2/c1-6-10-8-3-4-9(5-8)11(10)7(2)13-12-6/h8-11H,3-5H2,1-2H3. The van der Waals surface area contributed by atoms with Crippen molar-refractivity contribution in [3.8, 4) is 0 Å². The number of nitrogens with zero attached hydrogens (tertiary/aromatic N) is 2. The molecule has 0 N–H and O–H groups in total. The summed E-state index contributed by atoms with van der Waals surface area (Å²) in [6, 6.07) is 0. The Bertz CT molecular complexity index is 273. The van der Waals surface area contributed by atoms with Crippen molar-refractivity contribution in [2.45, 2.75) is 33.1 Å². The van der Waals surface area contributed by atoms with Crippen LogP contribution in [-0.4, -0.2) is 11.4 Å². The molecule has 0 aromatic carbocycles. The molecule has 3 aliphatic rings. The van der Waals surface area contributed by atoms with Crippen LogP contribution in [0.25, 0.3) is 0 Å². The lowest BCUT2D eigenvalue weighted by atomic mass is 9.74. The summed E-state index contributed by atoms with van der Waals surface area (Å²) >= 11 is 0. The predicted molar refractivity (Wildman–Crippen MR) is 54.0 cm³/mol. The summed E-state index contributed by atoms with van der Waals surface area (Å²) in [6.07, 6.45) is 4.31. The van der Waals surface area contributed by atoms with Crippen LogP contribution in [0.4, 0.5) is 0 Å². The summed E-state index contributed by atoms with van der Waals surface area (Å²) in [5.41, 5.74) is 2.59. The molecule has 0 spiro atoms. The van der Waals surface area contributed by atoms with E-state index in [-0.39, 0.29) is 0 Å². The smallest absolute Gasteiger partial charge is 0.0415 e. The van der Waals surface area contributed by atoms with Gasteiger partial charge in [-0.25, -0.2) is 0 Å². The molecule has 0 radical (unpaired) electrons. The summed E-state index contributed by atoms with van der Waals surface area (Å²) in [6.45, 7) is 4.32. The van der Waals surface area contributed by atoms with Crippen LogP contribution in [-0.2, 0) is 0 Å². The van der Waals surface area contributed by atoms with E-state index in [9.17, 15) is 0 Å². The Morgan fingerprint density at radius 1 is 0.923 bits per heavy atom. The molecule has 70 valence electrons. The number of hydrogen-bond acceptors (Lipinski definition) is 2. The molecule has 3 rings (SSSR count). The Balaban J connectivity index is 2.03. The fourth-order valence-corrected chi connectivity index (χ4v) is 3.78. The van der Waals surface area contributed by atoms with Crippen molar-refractivity contribution < 1.29 is 0 Å². The fourth-order valence-electron chi connectivity index (χ4n) is 3.78. The average Bonchev–Trinajstić information content (AvgIpc) is 2.70. The van der Waals surface area contributed by atoms with Crippen LogP contribution < -0.4 is 0 Å². The van der Waals surface area contributed by atoms with Crippen molar-refractivity contribution in [2.24, 2.45) is 33.9 Å². The first-order valence-corrected chi connectivity index (χ1v) is 5.36. The van der Waals surface area contributed by atoms with Crippen molar-refractivity contribution in [3.63, 3.8) is 0 Å². The first-order valence-electron chi connectivity index (χ1n) is 5.36. The lowest BCUT2D eigenvalue weighted by Gasteiger charge is -2.32. The van der Waals surface area contributed by atoms with Crippen LogP contribution in [0.5, 0.6) is 0 Å². The molecular weight excluding hydrogens is 160 g/mol. The number of fused-ring (bicyclic) bond motifs is 5. The van der Waals surface area contributed by atoms with Crippen molar-refractivity contribution >= 4 is 11.4 Å². The molecule has 13 heavy (non-hydrogen) atoms. The van der Waals surface area contributed by atoms with Gasteiger partial charge in [0, 0.05) is 23.3 Å². The summed E-state index contributed by atoms with van der Waals surface area (Å²) in [4.78, 5) is 0. The Morgan fingerprint density at radius 2 is 1.38 bits per heavy atom. The van der Waals surface area contributed by atoms with Crippen LogP contribution in [0.15, 0.2) is 10.2 Å². The summed E-state index contributed by atoms with van der Waals surface area (Å²) in [5, 5.41) is 8.55. The second-order valence-corrected chi connectivity index (χ2v) is 4.87. The van der Waals surface area contributed by atoms with E-state index in [2.05, 4.69) is 24.1 Å². The molecule has 2 fully saturated rings. The maximum Gasteiger partial charge on any atom is 0.0415 e. The monoisotopic (exact) mass is 176 g/mol. The molecule has 0 aromatic rings. The zero-order valence-corrected chi connectivity index (χ0v) is 8.33. The van der Waals surface area contributed by atoms with E-state index < -0.39 is 0 Å². The SMILES string of the molecule is CC1=NN=C(C)C2C3CCC(C3)C12. The Morgan fingerprint density at radius 3 is 1.85 bits per heavy atom. The van der Waals surface area contributed by atoms with Crippen molar-refractivity contribution in [2.75, 3.05) is 0 Å². The number of hydrogen-bond donors (Lipinski definition) is 0. The molecular formula is C11H16N2. The second-order valence-electron chi connectivity index (χ2n) is 4.87. The Kier molecular flexibility index (Phi) is 1.44. The van der Waals surface area contributed by atoms with Gasteiger partial charge in [-0.1, -0.05) is 0 Å². The largest absolute Gasteiger partial charge is 0.160 e. The van der Waals surface area contributed by atoms with E-state index in [0.29, 0.717) is 0 Å². The fraction of sp³-hybridized carbons (Fsp3) is 0.818. The molecule has 2 heteroatoms. The van der Waals surface area contributed by atoms with E-state index in [1.807, 2.05) is 0 Å². The van der Waals surface area contributed by atoms with Gasteiger partial charge < -0.3 is 0 Å². The molecule has 4 atom stereocenters. The lowest BCUT2D eigenvalue weighted by Crippen LogP contribution is -2.34. The van der Waals surface area contributed by atoms with Crippen molar-refractivity contribution in [1.82, 2.24) is 0 Å². The highest BCUT2D eigenvalue weighted by atomic mass is 15.2. The molecule has 1 heterocycles. The molecule has 0 amide bonds. The quantitative estimate of drug-likeness (QED) is 0.542. The van der Waals surface area contributed by atoms with Crippen LogP contribution in [0, 0.1) is 23.7 Å². The first-order chi connectivity index (χ1) is 6.27. The van der Waals surface area contributed by atoms with Crippen LogP contribution >= 0.6 is 0 Å². The molecule has 2 saturated carbocycles. The zero-order chi connectivity index (χ0) is 9.00. The molecule has 0 aromatic heterocycles. The molecule has 1 aliphatic heterocycles. The minimum absolute atomic E-state index is 0.760. The van der Waals surface area contributed by atoms with E-state index >= 15 is 0 Å². The number of rotatable bonds is 0. The Hall–Kier alpha value is -0.660. The minimum Gasteiger partial charge on any atom is -0.160 e. The third-order valence-electron chi connectivity index (χ3n) is 4.25. The molecule has 0 saturated heterocycles. The maximum absolute atomic E-state index is 4.28. The lowest BCUT2D eigenvalue weighted by molar-refractivity contribution is 0.348. The van der Waals surface area contributed by atoms with Crippen LogP contribution in [0.2, 0.25) is 0 Å². The van der Waals surface area contributed by atoms with Gasteiger partial charge in [-0.3, -0.25) is 0 Å². The van der Waals surface area contributed by atoms with Gasteiger partial charge in [-0.05, 0) is 44.9 Å². The normalized spacial score (nSPS) is 47.2. The van der Waals surface area contributed by atoms with Gasteiger partial charge in [0.25, 0.3) is 0 Å². The minimum atomic E-state index is 0.760. The van der Waals surface area contributed by atoms with Gasteiger partial charge in [-0.2, -0.15) is 10.2 Å². The summed E-state index contributed by atoms with van der Waals surface area (Å²) < 4.78 is 0. The van der Waals surface area contributed by atoms with E-state index in [1.165, 1.54) is 30.7 Å². The van der Waals surface area contributed by atoms with Gasteiger partial charge in [0.15, 0.2) is 0 Å². The van der Waals surface area contributed by atoms with E-state index in [4.69, 9.17) is 0 Å². The van der Waals surface area contributed by atoms with Crippen molar-refractivity contribution in [1.29, 1.82) is 0 Å². The van der Waals surface area contributed by atoms with Gasteiger partial charge >= 0.3 is 0 Å². The highest BCUT2D eigenvalue weighted by Crippen LogP contribution is 2.54. The van der Waals surface area contributed by atoms with Crippen LogP contribution in [0.3, 0.4) is 0 Å². The maximum atomic E-state index is 4.28. The van der Waals surface area contributed by atoms with Gasteiger partial charge in [-0.15, -0.1) is 0 Å². The average molecular weight is 176 g/mol. The predicted octanol–water partition coefficient (Wildman–Crippen LogP) is 2.50. The topological polar surface area (TPSA) is 24.7 Å². The van der Waals surface area contributed by atoms with Crippen molar-refractivity contribution in [3.05, 3.63) is 0 Å². The summed E-state index contributed by atoms with van der Waals surface area (Å²) in [5.74, 6) is 3.39. The zero-order valence-electron chi connectivity index (χ0n) is 8.33. The Labute approximate surface area is 79.1 Å². The highest BCUT2D eigenvalue weighted by molar-refractivity contribution is 5.97. The second kappa shape index (κ2) is 2.43. The van der Waals surface area contributed by atoms with E-state index in [1.54, 1.807) is 0 Å². The molecule has 2 aliphatic carbocycles. The molecule has 4 unspecified atom stereocenters. The van der Waals surface area contributed by atoms with E-state index in [0.717, 1.165) is 23.7 Å². The highest BCUT2D eigenvalue weighted by Gasteiger charge is 2.50. The van der Waals surface area contributed by atoms with Gasteiger partial charge in [0.1, 0.15) is 0 Å². The van der Waals surface area contributed by atoms with Gasteiger partial charge in [0.2, 0.25) is 0 Å².